The number of nitrogens with two attached hydrogens (primary N) is 1. The first kappa shape index (κ1) is 27.5. The lowest BCUT2D eigenvalue weighted by atomic mass is 9.97. The van der Waals surface area contributed by atoms with Crippen LogP contribution in [0.3, 0.4) is 0 Å². The molecule has 2 heterocycles. The Morgan fingerprint density at radius 3 is 2.38 bits per heavy atom. The normalized spacial score (nSPS) is 30.1. The molecule has 0 bridgehead atoms. The average Bonchev–Trinajstić information content (AvgIpc) is 2.85. The van der Waals surface area contributed by atoms with Crippen LogP contribution in [0.25, 0.3) is 0 Å². The molecule has 184 valence electrons. The van der Waals surface area contributed by atoms with Crippen LogP contribution in [-0.2, 0) is 31.6 Å². The smallest absolute Gasteiger partial charge is 0.381 e. The van der Waals surface area contributed by atoms with E-state index in [-0.39, 0.29) is 0 Å². The number of aliphatic hydroxyl groups is 1. The molecule has 32 heavy (non-hydrogen) atoms. The van der Waals surface area contributed by atoms with Crippen LogP contribution in [0.4, 0.5) is 19.0 Å². The summed E-state index contributed by atoms with van der Waals surface area (Å²) in [4.78, 5) is 38.8. The minimum Gasteiger partial charge on any atom is -0.381 e. The molecule has 0 amide bonds. The molecule has 7 N–H and O–H groups in total. The number of nitrogen functional groups attached to an aromatic ring is 1. The zero-order chi connectivity index (χ0) is 24.7. The summed E-state index contributed by atoms with van der Waals surface area (Å²) < 4.78 is 91.7. The van der Waals surface area contributed by atoms with Gasteiger partial charge in [0, 0.05) is 6.20 Å². The fraction of sp³-hybridized carbons (Fsp3) is 0.600. The predicted octanol–water partition coefficient (Wildman–Crippen LogP) is 0.613. The molecular formula is C10H15F3N3O12P3S. The summed E-state index contributed by atoms with van der Waals surface area (Å²) in [5.74, 6) is -1.84. The van der Waals surface area contributed by atoms with Crippen LogP contribution in [-0.4, -0.2) is 65.4 Å². The highest BCUT2D eigenvalue weighted by Crippen LogP contribution is 2.66. The highest BCUT2D eigenvalue weighted by molar-refractivity contribution is 7.71. The number of hydrogen-bond acceptors (Lipinski definition) is 11. The SMILES string of the molecule is Nc1nc(=S)n([C@@H]2O[C@H](COP(=O)(O)OP(=O)(O)OP(=O)(O)O)C(F)[C@]2(O)CF)cc1F. The number of phosphoric ester groups is 1. The largest absolute Gasteiger partial charge is 0.490 e. The van der Waals surface area contributed by atoms with Crippen molar-refractivity contribution in [1.82, 2.24) is 9.55 Å². The van der Waals surface area contributed by atoms with Crippen molar-refractivity contribution in [3.63, 3.8) is 0 Å². The van der Waals surface area contributed by atoms with Gasteiger partial charge in [0.2, 0.25) is 4.77 Å². The van der Waals surface area contributed by atoms with Gasteiger partial charge in [-0.3, -0.25) is 9.09 Å². The van der Waals surface area contributed by atoms with E-state index in [4.69, 9.17) is 37.4 Å². The first-order valence-electron chi connectivity index (χ1n) is 7.81. The van der Waals surface area contributed by atoms with E-state index in [9.17, 15) is 36.9 Å². The van der Waals surface area contributed by atoms with Crippen molar-refractivity contribution in [3.8, 4) is 0 Å². The number of anilines is 1. The van der Waals surface area contributed by atoms with Crippen LogP contribution in [0.5, 0.6) is 0 Å². The third-order valence-corrected chi connectivity index (χ3v) is 7.86. The minimum atomic E-state index is -5.85. The third-order valence-electron chi connectivity index (χ3n) is 3.75. The van der Waals surface area contributed by atoms with E-state index >= 15 is 0 Å². The molecule has 0 aliphatic carbocycles. The topological polar surface area (TPSA) is 233 Å². The standard InChI is InChI=1S/C10H15F3N3O12P3S/c11-3-10(17)6(13)5(26-8(10)16-1-4(12)7(14)15-9(16)32)2-25-30(21,22)28-31(23,24)27-29(18,19)20/h1,5-6,8,17H,2-3H2,(H,21,22)(H,23,24)(H2,14,15,32)(H2,18,19,20)/t5-,6?,8-,10-/m1/s1. The van der Waals surface area contributed by atoms with Crippen molar-refractivity contribution in [2.24, 2.45) is 0 Å². The second-order valence-corrected chi connectivity index (χ2v) is 10.9. The number of phosphoric acid groups is 3. The molecule has 0 aromatic carbocycles. The molecule has 0 radical (unpaired) electrons. The summed E-state index contributed by atoms with van der Waals surface area (Å²) in [5, 5.41) is 10.3. The number of ether oxygens (including phenoxy) is 1. The lowest BCUT2D eigenvalue weighted by molar-refractivity contribution is -0.112. The number of rotatable bonds is 9. The van der Waals surface area contributed by atoms with Crippen molar-refractivity contribution < 1.29 is 69.4 Å². The van der Waals surface area contributed by atoms with Crippen LogP contribution in [0.1, 0.15) is 6.23 Å². The monoisotopic (exact) mass is 551 g/mol. The van der Waals surface area contributed by atoms with Crippen molar-refractivity contribution in [1.29, 1.82) is 0 Å². The van der Waals surface area contributed by atoms with Gasteiger partial charge in [-0.1, -0.05) is 0 Å². The van der Waals surface area contributed by atoms with Gasteiger partial charge in [-0.15, -0.1) is 0 Å². The summed E-state index contributed by atoms with van der Waals surface area (Å²) in [6.07, 6.45) is -6.29. The summed E-state index contributed by atoms with van der Waals surface area (Å²) in [6, 6.07) is 0. The molecule has 1 aromatic heterocycles. The fourth-order valence-electron chi connectivity index (χ4n) is 2.48. The number of nitrogens with zero attached hydrogens (tertiary/aromatic N) is 2. The van der Waals surface area contributed by atoms with Crippen LogP contribution in [0, 0.1) is 10.6 Å². The Kier molecular flexibility index (Phi) is 8.12. The molecule has 15 nitrogen and oxygen atoms in total. The van der Waals surface area contributed by atoms with Gasteiger partial charge in [0.05, 0.1) is 6.61 Å². The molecule has 6 atom stereocenters. The lowest BCUT2D eigenvalue weighted by Gasteiger charge is -2.28. The van der Waals surface area contributed by atoms with Gasteiger partial charge in [-0.25, -0.2) is 26.9 Å². The zero-order valence-electron chi connectivity index (χ0n) is 15.2. The van der Waals surface area contributed by atoms with Crippen molar-refractivity contribution >= 4 is 41.5 Å². The maximum atomic E-state index is 14.7. The first-order valence-corrected chi connectivity index (χ1v) is 12.7. The molecule has 1 aromatic rings. The van der Waals surface area contributed by atoms with Crippen LogP contribution < -0.4 is 5.73 Å². The van der Waals surface area contributed by atoms with Gasteiger partial charge in [-0.2, -0.15) is 13.6 Å². The van der Waals surface area contributed by atoms with Gasteiger partial charge < -0.3 is 35.2 Å². The Labute approximate surface area is 181 Å². The quantitative estimate of drug-likeness (QED) is 0.182. The molecule has 2 rings (SSSR count). The predicted molar refractivity (Wildman–Crippen MR) is 97.0 cm³/mol. The lowest BCUT2D eigenvalue weighted by Crippen LogP contribution is -2.47. The molecule has 1 aliphatic heterocycles. The van der Waals surface area contributed by atoms with Gasteiger partial charge in [0.1, 0.15) is 12.8 Å². The molecular weight excluding hydrogens is 536 g/mol. The van der Waals surface area contributed by atoms with E-state index in [0.717, 1.165) is 0 Å². The van der Waals surface area contributed by atoms with Crippen LogP contribution in [0.15, 0.2) is 6.20 Å². The zero-order valence-corrected chi connectivity index (χ0v) is 18.7. The average molecular weight is 551 g/mol. The highest BCUT2D eigenvalue weighted by atomic mass is 32.1. The van der Waals surface area contributed by atoms with Gasteiger partial charge in [0.15, 0.2) is 29.6 Å². The molecule has 1 saturated heterocycles. The number of halogens is 3. The van der Waals surface area contributed by atoms with Gasteiger partial charge in [-0.05, 0) is 12.2 Å². The fourth-order valence-corrected chi connectivity index (χ4v) is 5.75. The Bertz CT molecular complexity index is 1070. The number of aromatic nitrogens is 2. The van der Waals surface area contributed by atoms with E-state index in [2.05, 4.69) is 18.1 Å². The second kappa shape index (κ2) is 9.46. The molecule has 0 saturated carbocycles. The third kappa shape index (κ3) is 6.42. The molecule has 1 aliphatic rings. The Morgan fingerprint density at radius 2 is 1.84 bits per heavy atom. The maximum absolute atomic E-state index is 14.7. The molecule has 0 spiro atoms. The number of alkyl halides is 2. The van der Waals surface area contributed by atoms with Crippen molar-refractivity contribution in [3.05, 3.63) is 16.8 Å². The Balaban J connectivity index is 2.21. The van der Waals surface area contributed by atoms with Crippen LogP contribution >= 0.6 is 35.7 Å². The van der Waals surface area contributed by atoms with Crippen molar-refractivity contribution in [2.75, 3.05) is 19.0 Å². The summed E-state index contributed by atoms with van der Waals surface area (Å²) >= 11 is 4.79. The first-order chi connectivity index (χ1) is 14.4. The van der Waals surface area contributed by atoms with Gasteiger partial charge >= 0.3 is 23.5 Å². The molecule has 1 fully saturated rings. The molecule has 22 heteroatoms. The van der Waals surface area contributed by atoms with E-state index in [0.29, 0.717) is 10.8 Å². The van der Waals surface area contributed by atoms with Crippen LogP contribution in [0.2, 0.25) is 0 Å². The maximum Gasteiger partial charge on any atom is 0.490 e. The van der Waals surface area contributed by atoms with E-state index in [1.165, 1.54) is 0 Å². The van der Waals surface area contributed by atoms with Crippen molar-refractivity contribution in [2.45, 2.75) is 24.1 Å². The van der Waals surface area contributed by atoms with E-state index in [1.807, 2.05) is 0 Å². The Hall–Kier alpha value is -0.780. The second-order valence-electron chi connectivity index (χ2n) is 6.10. The summed E-state index contributed by atoms with van der Waals surface area (Å²) in [6.45, 7) is -3.17. The summed E-state index contributed by atoms with van der Waals surface area (Å²) in [7, 11) is -17.2. The highest BCUT2D eigenvalue weighted by Gasteiger charge is 2.58. The van der Waals surface area contributed by atoms with E-state index in [1.54, 1.807) is 0 Å². The molecule has 3 unspecified atom stereocenters. The minimum absolute atomic E-state index is 0.526. The van der Waals surface area contributed by atoms with E-state index < -0.39 is 77.3 Å². The van der Waals surface area contributed by atoms with Gasteiger partial charge in [0.25, 0.3) is 0 Å². The Morgan fingerprint density at radius 1 is 1.25 bits per heavy atom. The summed E-state index contributed by atoms with van der Waals surface area (Å²) in [5.41, 5.74) is 2.19. The number of hydrogen-bond donors (Lipinski definition) is 6.